The molecule has 0 aliphatic carbocycles. The Kier molecular flexibility index (Phi) is 3.12. The summed E-state index contributed by atoms with van der Waals surface area (Å²) < 4.78 is 0. The van der Waals surface area contributed by atoms with Gasteiger partial charge in [0.1, 0.15) is 5.01 Å². The average Bonchev–Trinajstić information content (AvgIpc) is 2.36. The van der Waals surface area contributed by atoms with E-state index < -0.39 is 0 Å². The van der Waals surface area contributed by atoms with Crippen molar-refractivity contribution in [3.05, 3.63) is 5.01 Å². The molecule has 0 spiro atoms. The van der Waals surface area contributed by atoms with Crippen LogP contribution in [0.15, 0.2) is 0 Å². The van der Waals surface area contributed by atoms with Gasteiger partial charge < -0.3 is 11.1 Å². The summed E-state index contributed by atoms with van der Waals surface area (Å²) in [6, 6.07) is 0. The lowest BCUT2D eigenvalue weighted by molar-refractivity contribution is -0.114. The number of amides is 1. The van der Waals surface area contributed by atoms with E-state index in [9.17, 15) is 4.79 Å². The second-order valence-corrected chi connectivity index (χ2v) is 3.28. The number of nitrogens with zero attached hydrogens (tertiary/aromatic N) is 2. The largest absolute Gasteiger partial charge is 0.330 e. The van der Waals surface area contributed by atoms with Crippen LogP contribution in [0.5, 0.6) is 0 Å². The molecule has 0 saturated carbocycles. The molecule has 1 aromatic heterocycles. The lowest BCUT2D eigenvalue weighted by Gasteiger charge is -1.90. The summed E-state index contributed by atoms with van der Waals surface area (Å²) in [6.45, 7) is 1.98. The molecule has 0 atom stereocenters. The third-order valence-electron chi connectivity index (χ3n) is 1.11. The standard InChI is InChI=1S/C6H10N4OS/c1-4(11)8-6-10-9-5(12-6)2-3-7/h2-3,7H2,1H3,(H,8,10,11). The van der Waals surface area contributed by atoms with Gasteiger partial charge in [0.15, 0.2) is 0 Å². The summed E-state index contributed by atoms with van der Waals surface area (Å²) in [4.78, 5) is 10.6. The van der Waals surface area contributed by atoms with Crippen LogP contribution in [-0.2, 0) is 11.2 Å². The minimum atomic E-state index is -0.134. The van der Waals surface area contributed by atoms with Crippen molar-refractivity contribution in [1.29, 1.82) is 0 Å². The third kappa shape index (κ3) is 2.55. The van der Waals surface area contributed by atoms with E-state index in [1.54, 1.807) is 0 Å². The fraction of sp³-hybridized carbons (Fsp3) is 0.500. The van der Waals surface area contributed by atoms with E-state index in [1.165, 1.54) is 18.3 Å². The van der Waals surface area contributed by atoms with E-state index in [0.29, 0.717) is 18.1 Å². The van der Waals surface area contributed by atoms with Gasteiger partial charge in [0.2, 0.25) is 11.0 Å². The van der Waals surface area contributed by atoms with E-state index >= 15 is 0 Å². The SMILES string of the molecule is CC(=O)Nc1nnc(CCN)s1. The van der Waals surface area contributed by atoms with Crippen molar-refractivity contribution in [1.82, 2.24) is 10.2 Å². The molecule has 66 valence electrons. The molecule has 1 amide bonds. The Balaban J connectivity index is 2.58. The number of nitrogens with one attached hydrogen (secondary N) is 1. The van der Waals surface area contributed by atoms with Crippen LogP contribution in [0.4, 0.5) is 5.13 Å². The maximum absolute atomic E-state index is 10.6. The summed E-state index contributed by atoms with van der Waals surface area (Å²) in [5.41, 5.74) is 5.32. The van der Waals surface area contributed by atoms with Gasteiger partial charge in [-0.05, 0) is 6.54 Å². The lowest BCUT2D eigenvalue weighted by atomic mass is 10.5. The predicted molar refractivity (Wildman–Crippen MR) is 47.0 cm³/mol. The molecule has 0 unspecified atom stereocenters. The number of hydrogen-bond acceptors (Lipinski definition) is 5. The van der Waals surface area contributed by atoms with E-state index in [-0.39, 0.29) is 5.91 Å². The normalized spacial score (nSPS) is 9.83. The van der Waals surface area contributed by atoms with Crippen LogP contribution in [0.3, 0.4) is 0 Å². The summed E-state index contributed by atoms with van der Waals surface area (Å²) >= 11 is 1.35. The fourth-order valence-electron chi connectivity index (χ4n) is 0.679. The Morgan fingerprint density at radius 3 is 3.00 bits per heavy atom. The third-order valence-corrected chi connectivity index (χ3v) is 2.01. The second-order valence-electron chi connectivity index (χ2n) is 2.22. The summed E-state index contributed by atoms with van der Waals surface area (Å²) in [5.74, 6) is -0.134. The minimum absolute atomic E-state index is 0.134. The minimum Gasteiger partial charge on any atom is -0.330 e. The van der Waals surface area contributed by atoms with Crippen LogP contribution in [0, 0.1) is 0 Å². The van der Waals surface area contributed by atoms with Gasteiger partial charge in [-0.25, -0.2) is 0 Å². The molecule has 1 rings (SSSR count). The Labute approximate surface area is 74.0 Å². The molecule has 0 aromatic carbocycles. The number of anilines is 1. The number of hydrogen-bond donors (Lipinski definition) is 2. The van der Waals surface area contributed by atoms with Crippen LogP contribution < -0.4 is 11.1 Å². The first-order valence-electron chi connectivity index (χ1n) is 3.52. The number of rotatable bonds is 3. The first kappa shape index (κ1) is 9.08. The fourth-order valence-corrected chi connectivity index (χ4v) is 1.48. The van der Waals surface area contributed by atoms with Crippen LogP contribution in [0.25, 0.3) is 0 Å². The Bertz CT molecular complexity index is 272. The van der Waals surface area contributed by atoms with Crippen molar-refractivity contribution in [2.75, 3.05) is 11.9 Å². The predicted octanol–water partition coefficient (Wildman–Crippen LogP) is -0.00230. The Morgan fingerprint density at radius 1 is 1.67 bits per heavy atom. The number of nitrogens with two attached hydrogens (primary N) is 1. The molecule has 0 aliphatic heterocycles. The van der Waals surface area contributed by atoms with Crippen molar-refractivity contribution in [3.63, 3.8) is 0 Å². The maximum atomic E-state index is 10.6. The molecular weight excluding hydrogens is 176 g/mol. The summed E-state index contributed by atoms with van der Waals surface area (Å²) in [5, 5.41) is 11.5. The summed E-state index contributed by atoms with van der Waals surface area (Å²) in [7, 11) is 0. The lowest BCUT2D eigenvalue weighted by Crippen LogP contribution is -2.04. The van der Waals surface area contributed by atoms with Crippen LogP contribution in [0.2, 0.25) is 0 Å². The van der Waals surface area contributed by atoms with Gasteiger partial charge in [-0.3, -0.25) is 4.79 Å². The zero-order valence-corrected chi connectivity index (χ0v) is 7.52. The highest BCUT2D eigenvalue weighted by molar-refractivity contribution is 7.15. The van der Waals surface area contributed by atoms with Gasteiger partial charge in [0, 0.05) is 13.3 Å². The maximum Gasteiger partial charge on any atom is 0.223 e. The molecule has 1 aromatic rings. The van der Waals surface area contributed by atoms with Crippen molar-refractivity contribution >= 4 is 22.4 Å². The van der Waals surface area contributed by atoms with E-state index in [0.717, 1.165) is 5.01 Å². The molecule has 1 heterocycles. The molecule has 12 heavy (non-hydrogen) atoms. The van der Waals surface area contributed by atoms with Crippen LogP contribution in [0.1, 0.15) is 11.9 Å². The quantitative estimate of drug-likeness (QED) is 0.696. The molecule has 0 radical (unpaired) electrons. The average molecular weight is 186 g/mol. The summed E-state index contributed by atoms with van der Waals surface area (Å²) in [6.07, 6.45) is 0.706. The van der Waals surface area contributed by atoms with Crippen LogP contribution >= 0.6 is 11.3 Å². The molecule has 0 saturated heterocycles. The monoisotopic (exact) mass is 186 g/mol. The Morgan fingerprint density at radius 2 is 2.42 bits per heavy atom. The molecule has 0 fully saturated rings. The smallest absolute Gasteiger partial charge is 0.223 e. The van der Waals surface area contributed by atoms with Crippen LogP contribution in [-0.4, -0.2) is 22.6 Å². The topological polar surface area (TPSA) is 80.9 Å². The highest BCUT2D eigenvalue weighted by Gasteiger charge is 2.03. The van der Waals surface area contributed by atoms with Gasteiger partial charge >= 0.3 is 0 Å². The zero-order valence-electron chi connectivity index (χ0n) is 6.70. The van der Waals surface area contributed by atoms with Gasteiger partial charge in [-0.1, -0.05) is 11.3 Å². The molecule has 3 N–H and O–H groups in total. The zero-order chi connectivity index (χ0) is 8.97. The molecule has 5 nitrogen and oxygen atoms in total. The first-order chi connectivity index (χ1) is 5.72. The van der Waals surface area contributed by atoms with E-state index in [1.807, 2.05) is 0 Å². The van der Waals surface area contributed by atoms with E-state index in [2.05, 4.69) is 15.5 Å². The van der Waals surface area contributed by atoms with Crippen molar-refractivity contribution in [2.45, 2.75) is 13.3 Å². The molecule has 0 aliphatic rings. The number of aromatic nitrogens is 2. The molecule has 0 bridgehead atoms. The van der Waals surface area contributed by atoms with Gasteiger partial charge in [0.25, 0.3) is 0 Å². The van der Waals surface area contributed by atoms with Gasteiger partial charge in [0.05, 0.1) is 0 Å². The highest BCUT2D eigenvalue weighted by atomic mass is 32.1. The number of carbonyl (C=O) groups is 1. The van der Waals surface area contributed by atoms with Crippen molar-refractivity contribution in [3.8, 4) is 0 Å². The molecule has 6 heteroatoms. The van der Waals surface area contributed by atoms with Crippen molar-refractivity contribution < 1.29 is 4.79 Å². The second kappa shape index (κ2) is 4.13. The molecular formula is C6H10N4OS. The number of carbonyl (C=O) groups excluding carboxylic acids is 1. The van der Waals surface area contributed by atoms with Gasteiger partial charge in [-0.2, -0.15) is 0 Å². The van der Waals surface area contributed by atoms with E-state index in [4.69, 9.17) is 5.73 Å². The highest BCUT2D eigenvalue weighted by Crippen LogP contribution is 2.14. The van der Waals surface area contributed by atoms with Gasteiger partial charge in [-0.15, -0.1) is 10.2 Å². The van der Waals surface area contributed by atoms with Crippen molar-refractivity contribution in [2.24, 2.45) is 5.73 Å². The first-order valence-corrected chi connectivity index (χ1v) is 4.34. The Hall–Kier alpha value is -1.01.